The van der Waals surface area contributed by atoms with Crippen molar-refractivity contribution in [3.05, 3.63) is 81.3 Å². The summed E-state index contributed by atoms with van der Waals surface area (Å²) in [6.45, 7) is 0. The number of hydrogen-bond donors (Lipinski definition) is 1. The van der Waals surface area contributed by atoms with Gasteiger partial charge in [-0.3, -0.25) is 0 Å². The zero-order chi connectivity index (χ0) is 23.5. The third kappa shape index (κ3) is 4.15. The van der Waals surface area contributed by atoms with Crippen LogP contribution >= 0.6 is 11.8 Å². The minimum absolute atomic E-state index is 0.0134. The predicted octanol–water partition coefficient (Wildman–Crippen LogP) is 3.61. The first-order valence-electron chi connectivity index (χ1n) is 10.2. The number of nitrogens with two attached hydrogens (primary N) is 1. The number of esters is 1. The monoisotopic (exact) mass is 462 g/mol. The van der Waals surface area contributed by atoms with Crippen LogP contribution in [0, 0.1) is 28.5 Å². The Morgan fingerprint density at radius 2 is 2.12 bits per heavy atom. The molecule has 0 saturated heterocycles. The number of hydrogen-bond acceptors (Lipinski definition) is 8. The molecule has 2 N–H and O–H groups in total. The lowest BCUT2D eigenvalue weighted by Crippen LogP contribution is -2.27. The summed E-state index contributed by atoms with van der Waals surface area (Å²) < 4.78 is 25.3. The summed E-state index contributed by atoms with van der Waals surface area (Å²) in [5, 5.41) is 19.8. The Hall–Kier alpha value is -3.82. The molecule has 0 radical (unpaired) electrons. The summed E-state index contributed by atoms with van der Waals surface area (Å²) in [5.74, 6) is -2.45. The number of pyridine rings is 1. The number of fused-ring (bicyclic) bond motifs is 1. The minimum atomic E-state index is -1.09. The van der Waals surface area contributed by atoms with Crippen molar-refractivity contribution in [1.82, 2.24) is 4.98 Å². The summed E-state index contributed by atoms with van der Waals surface area (Å²) in [7, 11) is 1.20. The molecular formula is C24H19FN4O3S. The van der Waals surface area contributed by atoms with Gasteiger partial charge in [0.1, 0.15) is 34.3 Å². The second-order valence-corrected chi connectivity index (χ2v) is 8.44. The van der Waals surface area contributed by atoms with Crippen molar-refractivity contribution in [2.75, 3.05) is 12.9 Å². The molecule has 0 saturated carbocycles. The highest BCUT2D eigenvalue weighted by Gasteiger charge is 2.38. The Morgan fingerprint density at radius 3 is 2.82 bits per heavy atom. The molecule has 1 aromatic carbocycles. The van der Waals surface area contributed by atoms with E-state index in [0.717, 1.165) is 30.5 Å². The number of methoxy groups -OCH3 is 1. The number of carbonyl (C=O) groups excluding carboxylic acids is 1. The zero-order valence-corrected chi connectivity index (χ0v) is 18.5. The number of aryl methyl sites for hydroxylation is 2. The van der Waals surface area contributed by atoms with Gasteiger partial charge in [-0.15, -0.1) is 0 Å². The smallest absolute Gasteiger partial charge is 0.338 e. The molecule has 1 atom stereocenters. The standard InChI is InChI=1S/C24H19FN4O3S/c1-31-24(30)21-19(12-33-23-14(10-26)9-13-5-4-8-18(13)29-23)32-22(28)16(11-27)20(21)15-6-2-3-7-17(15)25/h2-3,6-7,9,20H,4-5,8,12,28H2,1H3. The van der Waals surface area contributed by atoms with Crippen molar-refractivity contribution in [1.29, 1.82) is 10.5 Å². The van der Waals surface area contributed by atoms with Crippen molar-refractivity contribution in [3.63, 3.8) is 0 Å². The lowest BCUT2D eigenvalue weighted by Gasteiger charge is -2.28. The number of aromatic nitrogens is 1. The fraction of sp³-hybridized carbons (Fsp3) is 0.250. The molecular weight excluding hydrogens is 443 g/mol. The number of ether oxygens (including phenoxy) is 2. The second-order valence-electron chi connectivity index (χ2n) is 7.48. The quantitative estimate of drug-likeness (QED) is 0.528. The maximum absolute atomic E-state index is 14.7. The Kier molecular flexibility index (Phi) is 6.34. The Labute approximate surface area is 194 Å². The summed E-state index contributed by atoms with van der Waals surface area (Å²) in [6, 6.07) is 11.8. The zero-order valence-electron chi connectivity index (χ0n) is 17.7. The highest BCUT2D eigenvalue weighted by molar-refractivity contribution is 7.99. The highest BCUT2D eigenvalue weighted by Crippen LogP contribution is 2.42. The van der Waals surface area contributed by atoms with Gasteiger partial charge in [0.05, 0.1) is 29.9 Å². The first-order valence-corrected chi connectivity index (χ1v) is 11.2. The van der Waals surface area contributed by atoms with Crippen LogP contribution < -0.4 is 5.73 Å². The summed E-state index contributed by atoms with van der Waals surface area (Å²) in [5.41, 5.74) is 8.49. The molecule has 2 heterocycles. The Bertz CT molecular complexity index is 1290. The number of nitriles is 2. The number of nitrogens with zero attached hydrogens (tertiary/aromatic N) is 3. The molecule has 2 aromatic rings. The van der Waals surface area contributed by atoms with Crippen molar-refractivity contribution >= 4 is 17.7 Å². The average Bonchev–Trinajstić information content (AvgIpc) is 3.28. The molecule has 1 aromatic heterocycles. The number of allylic oxidation sites excluding steroid dienone is 1. The highest BCUT2D eigenvalue weighted by atomic mass is 32.2. The van der Waals surface area contributed by atoms with Crippen LogP contribution in [0.5, 0.6) is 0 Å². The fourth-order valence-electron chi connectivity index (χ4n) is 4.06. The van der Waals surface area contributed by atoms with Gasteiger partial charge in [0.25, 0.3) is 0 Å². The van der Waals surface area contributed by atoms with E-state index in [9.17, 15) is 19.7 Å². The molecule has 1 aliphatic carbocycles. The van der Waals surface area contributed by atoms with Crippen LogP contribution in [-0.4, -0.2) is 23.8 Å². The van der Waals surface area contributed by atoms with Gasteiger partial charge in [-0.1, -0.05) is 30.0 Å². The van der Waals surface area contributed by atoms with Crippen LogP contribution in [0.15, 0.2) is 58.1 Å². The molecule has 0 spiro atoms. The van der Waals surface area contributed by atoms with Gasteiger partial charge in [-0.05, 0) is 37.0 Å². The SMILES string of the molecule is COC(=O)C1=C(CSc2nc3c(cc2C#N)CCC3)OC(N)=C(C#N)C1c1ccccc1F. The van der Waals surface area contributed by atoms with Crippen LogP contribution in [0.1, 0.15) is 34.7 Å². The van der Waals surface area contributed by atoms with Gasteiger partial charge in [-0.25, -0.2) is 14.2 Å². The molecule has 0 amide bonds. The topological polar surface area (TPSA) is 122 Å². The molecule has 0 fully saturated rings. The van der Waals surface area contributed by atoms with Gasteiger partial charge in [0.15, 0.2) is 0 Å². The number of thioether (sulfide) groups is 1. The number of rotatable bonds is 5. The van der Waals surface area contributed by atoms with Crippen LogP contribution in [0.2, 0.25) is 0 Å². The van der Waals surface area contributed by atoms with Crippen molar-refractivity contribution in [2.45, 2.75) is 30.2 Å². The fourth-order valence-corrected chi connectivity index (χ4v) is 4.97. The largest absolute Gasteiger partial charge is 0.466 e. The van der Waals surface area contributed by atoms with Crippen molar-refractivity contribution < 1.29 is 18.7 Å². The summed E-state index contributed by atoms with van der Waals surface area (Å²) in [4.78, 5) is 17.4. The average molecular weight is 463 g/mol. The van der Waals surface area contributed by atoms with Crippen LogP contribution in [0.25, 0.3) is 0 Å². The second kappa shape index (κ2) is 9.35. The van der Waals surface area contributed by atoms with E-state index in [1.54, 1.807) is 6.07 Å². The number of halogens is 1. The van der Waals surface area contributed by atoms with E-state index in [1.807, 2.05) is 12.1 Å². The molecule has 1 unspecified atom stereocenters. The third-order valence-corrected chi connectivity index (χ3v) is 6.59. The minimum Gasteiger partial charge on any atom is -0.466 e. The van der Waals surface area contributed by atoms with E-state index in [2.05, 4.69) is 11.1 Å². The van der Waals surface area contributed by atoms with Crippen molar-refractivity contribution in [3.8, 4) is 12.1 Å². The maximum Gasteiger partial charge on any atom is 0.338 e. The van der Waals surface area contributed by atoms with Gasteiger partial charge in [0, 0.05) is 11.3 Å². The Morgan fingerprint density at radius 1 is 1.33 bits per heavy atom. The van der Waals surface area contributed by atoms with Gasteiger partial charge >= 0.3 is 5.97 Å². The molecule has 7 nitrogen and oxygen atoms in total. The van der Waals surface area contributed by atoms with E-state index < -0.39 is 17.7 Å². The van der Waals surface area contributed by atoms with E-state index in [4.69, 9.17) is 15.2 Å². The van der Waals surface area contributed by atoms with Gasteiger partial charge in [0.2, 0.25) is 5.88 Å². The third-order valence-electron chi connectivity index (χ3n) is 5.59. The molecule has 4 rings (SSSR count). The summed E-state index contributed by atoms with van der Waals surface area (Å²) in [6.07, 6.45) is 2.73. The van der Waals surface area contributed by atoms with Crippen LogP contribution in [0.3, 0.4) is 0 Å². The normalized spacial score (nSPS) is 17.2. The molecule has 9 heteroatoms. The molecule has 33 heavy (non-hydrogen) atoms. The number of benzene rings is 1. The van der Waals surface area contributed by atoms with Crippen molar-refractivity contribution in [2.24, 2.45) is 5.73 Å². The first kappa shape index (κ1) is 22.4. The van der Waals surface area contributed by atoms with E-state index in [1.165, 1.54) is 37.1 Å². The first-order chi connectivity index (χ1) is 16.0. The Balaban J connectivity index is 1.77. The van der Waals surface area contributed by atoms with Crippen LogP contribution in [0.4, 0.5) is 4.39 Å². The molecule has 0 bridgehead atoms. The number of carbonyl (C=O) groups is 1. The molecule has 1 aliphatic heterocycles. The van der Waals surface area contributed by atoms with E-state index >= 15 is 0 Å². The van der Waals surface area contributed by atoms with Crippen LogP contribution in [-0.2, 0) is 27.1 Å². The molecule has 2 aliphatic rings. The maximum atomic E-state index is 14.7. The lowest BCUT2D eigenvalue weighted by atomic mass is 9.83. The van der Waals surface area contributed by atoms with Gasteiger partial charge < -0.3 is 15.2 Å². The van der Waals surface area contributed by atoms with Gasteiger partial charge in [-0.2, -0.15) is 10.5 Å². The summed E-state index contributed by atoms with van der Waals surface area (Å²) >= 11 is 1.21. The van der Waals surface area contributed by atoms with E-state index in [0.29, 0.717) is 10.6 Å². The van der Waals surface area contributed by atoms with E-state index in [-0.39, 0.29) is 34.1 Å². The molecule has 166 valence electrons. The lowest BCUT2D eigenvalue weighted by molar-refractivity contribution is -0.136. The predicted molar refractivity (Wildman–Crippen MR) is 118 cm³/mol.